The van der Waals surface area contributed by atoms with Crippen molar-refractivity contribution < 1.29 is 8.78 Å². The van der Waals surface area contributed by atoms with Crippen LogP contribution in [0.1, 0.15) is 5.56 Å². The smallest absolute Gasteiger partial charge is 0.132 e. The number of aromatic nitrogens is 3. The van der Waals surface area contributed by atoms with Crippen LogP contribution < -0.4 is 0 Å². The Morgan fingerprint density at radius 2 is 1.62 bits per heavy atom. The molecule has 0 aliphatic rings. The minimum atomic E-state index is -0.298. The fraction of sp³-hybridized carbons (Fsp3) is 0.0476. The van der Waals surface area contributed by atoms with Gasteiger partial charge in [-0.25, -0.2) is 13.5 Å². The Kier molecular flexibility index (Phi) is 4.05. The zero-order chi connectivity index (χ0) is 18.1. The summed E-state index contributed by atoms with van der Waals surface area (Å²) >= 11 is 0. The van der Waals surface area contributed by atoms with Gasteiger partial charge in [0.1, 0.15) is 11.6 Å². The number of aryl methyl sites for hydroxylation is 1. The first-order valence-electron chi connectivity index (χ1n) is 8.15. The predicted octanol–water partition coefficient (Wildman–Crippen LogP) is 5.19. The molecule has 0 bridgehead atoms. The Bertz CT molecular complexity index is 1050. The number of pyridine rings is 1. The van der Waals surface area contributed by atoms with E-state index in [0.717, 1.165) is 22.5 Å². The molecule has 0 aliphatic heterocycles. The van der Waals surface area contributed by atoms with Crippen LogP contribution in [-0.2, 0) is 0 Å². The molecule has 0 atom stereocenters. The summed E-state index contributed by atoms with van der Waals surface area (Å²) in [5.41, 5.74) is 4.33. The first kappa shape index (κ1) is 16.1. The van der Waals surface area contributed by atoms with Crippen molar-refractivity contribution in [1.82, 2.24) is 14.8 Å². The van der Waals surface area contributed by atoms with Crippen LogP contribution in [0.15, 0.2) is 73.1 Å². The number of benzene rings is 2. The van der Waals surface area contributed by atoms with Gasteiger partial charge in [0, 0.05) is 11.1 Å². The minimum absolute atomic E-state index is 0.285. The van der Waals surface area contributed by atoms with Crippen molar-refractivity contribution in [3.8, 4) is 28.2 Å². The quantitative estimate of drug-likeness (QED) is 0.511. The molecule has 0 N–H and O–H groups in total. The topological polar surface area (TPSA) is 30.7 Å². The summed E-state index contributed by atoms with van der Waals surface area (Å²) in [7, 11) is 0. The van der Waals surface area contributed by atoms with Gasteiger partial charge in [-0.1, -0.05) is 12.1 Å². The average molecular weight is 347 g/mol. The van der Waals surface area contributed by atoms with Crippen molar-refractivity contribution in [3.05, 3.63) is 90.3 Å². The Balaban J connectivity index is 1.75. The lowest BCUT2D eigenvalue weighted by Crippen LogP contribution is -2.01. The first-order valence-corrected chi connectivity index (χ1v) is 8.15. The van der Waals surface area contributed by atoms with E-state index in [1.165, 1.54) is 18.2 Å². The second-order valence-electron chi connectivity index (χ2n) is 5.98. The van der Waals surface area contributed by atoms with E-state index in [2.05, 4.69) is 10.1 Å². The van der Waals surface area contributed by atoms with E-state index >= 15 is 0 Å². The lowest BCUT2D eigenvalue weighted by molar-refractivity contribution is 0.628. The largest absolute Gasteiger partial charge is 0.254 e. The van der Waals surface area contributed by atoms with Gasteiger partial charge >= 0.3 is 0 Å². The maximum Gasteiger partial charge on any atom is 0.132 e. The molecule has 0 fully saturated rings. The SMILES string of the molecule is Cc1cnn(-c2ccc(-c3ccc(F)cc3)nc2)c1-c1ccccc1F. The highest BCUT2D eigenvalue weighted by atomic mass is 19.1. The first-order chi connectivity index (χ1) is 12.6. The number of nitrogens with zero attached hydrogens (tertiary/aromatic N) is 3. The van der Waals surface area contributed by atoms with Crippen molar-refractivity contribution in [2.75, 3.05) is 0 Å². The number of rotatable bonds is 3. The standard InChI is InChI=1S/C21H15F2N3/c1-14-12-25-26(21(14)18-4-2-3-5-19(18)23)17-10-11-20(24-13-17)15-6-8-16(22)9-7-15/h2-13H,1H3. The Morgan fingerprint density at radius 1 is 0.846 bits per heavy atom. The van der Waals surface area contributed by atoms with Gasteiger partial charge in [-0.05, 0) is 61.0 Å². The zero-order valence-electron chi connectivity index (χ0n) is 14.0. The highest BCUT2D eigenvalue weighted by Gasteiger charge is 2.15. The lowest BCUT2D eigenvalue weighted by Gasteiger charge is -2.10. The molecule has 3 nitrogen and oxygen atoms in total. The molecule has 128 valence electrons. The number of halogens is 2. The van der Waals surface area contributed by atoms with E-state index in [4.69, 9.17) is 0 Å². The number of hydrogen-bond donors (Lipinski definition) is 0. The van der Waals surface area contributed by atoms with Gasteiger partial charge in [0.2, 0.25) is 0 Å². The minimum Gasteiger partial charge on any atom is -0.254 e. The van der Waals surface area contributed by atoms with Crippen molar-refractivity contribution in [1.29, 1.82) is 0 Å². The Labute approximate surface area is 149 Å². The molecule has 2 heterocycles. The zero-order valence-corrected chi connectivity index (χ0v) is 14.0. The highest BCUT2D eigenvalue weighted by molar-refractivity contribution is 5.66. The molecule has 0 saturated heterocycles. The predicted molar refractivity (Wildman–Crippen MR) is 96.9 cm³/mol. The average Bonchev–Trinajstić information content (AvgIpc) is 3.04. The van der Waals surface area contributed by atoms with Gasteiger partial charge in [-0.2, -0.15) is 5.10 Å². The molecule has 5 heteroatoms. The van der Waals surface area contributed by atoms with Gasteiger partial charge in [-0.3, -0.25) is 4.98 Å². The van der Waals surface area contributed by atoms with E-state index in [9.17, 15) is 8.78 Å². The maximum absolute atomic E-state index is 14.3. The summed E-state index contributed by atoms with van der Waals surface area (Å²) in [4.78, 5) is 4.44. The summed E-state index contributed by atoms with van der Waals surface area (Å²) < 4.78 is 29.0. The third-order valence-electron chi connectivity index (χ3n) is 4.21. The second kappa shape index (κ2) is 6.52. The molecule has 4 aromatic rings. The highest BCUT2D eigenvalue weighted by Crippen LogP contribution is 2.28. The molecule has 2 aromatic carbocycles. The lowest BCUT2D eigenvalue weighted by atomic mass is 10.1. The van der Waals surface area contributed by atoms with Crippen molar-refractivity contribution >= 4 is 0 Å². The summed E-state index contributed by atoms with van der Waals surface area (Å²) in [5, 5.41) is 4.38. The molecule has 0 amide bonds. The fourth-order valence-corrected chi connectivity index (χ4v) is 2.91. The van der Waals surface area contributed by atoms with Crippen LogP contribution in [0.25, 0.3) is 28.2 Å². The normalized spacial score (nSPS) is 10.9. The third-order valence-corrected chi connectivity index (χ3v) is 4.21. The van der Waals surface area contributed by atoms with Crippen molar-refractivity contribution in [3.63, 3.8) is 0 Å². The Morgan fingerprint density at radius 3 is 2.31 bits per heavy atom. The number of hydrogen-bond acceptors (Lipinski definition) is 2. The van der Waals surface area contributed by atoms with Gasteiger partial charge in [0.25, 0.3) is 0 Å². The van der Waals surface area contributed by atoms with Crippen LogP contribution in [0.2, 0.25) is 0 Å². The van der Waals surface area contributed by atoms with Crippen LogP contribution in [0.3, 0.4) is 0 Å². The van der Waals surface area contributed by atoms with Crippen molar-refractivity contribution in [2.45, 2.75) is 6.92 Å². The van der Waals surface area contributed by atoms with Crippen LogP contribution in [-0.4, -0.2) is 14.8 Å². The molecule has 4 rings (SSSR count). The van der Waals surface area contributed by atoms with E-state index in [0.29, 0.717) is 11.3 Å². The Hall–Kier alpha value is -3.34. The molecule has 0 unspecified atom stereocenters. The summed E-state index contributed by atoms with van der Waals surface area (Å²) in [6, 6.07) is 16.5. The molecule has 0 aliphatic carbocycles. The maximum atomic E-state index is 14.3. The van der Waals surface area contributed by atoms with Crippen LogP contribution in [0, 0.1) is 18.6 Å². The second-order valence-corrected chi connectivity index (χ2v) is 5.98. The molecule has 2 aromatic heterocycles. The van der Waals surface area contributed by atoms with Gasteiger partial charge in [-0.15, -0.1) is 0 Å². The van der Waals surface area contributed by atoms with Gasteiger partial charge in [0.15, 0.2) is 0 Å². The van der Waals surface area contributed by atoms with E-state index < -0.39 is 0 Å². The summed E-state index contributed by atoms with van der Waals surface area (Å²) in [6.07, 6.45) is 3.38. The van der Waals surface area contributed by atoms with Crippen LogP contribution in [0.5, 0.6) is 0 Å². The van der Waals surface area contributed by atoms with E-state index in [1.807, 2.05) is 19.1 Å². The summed E-state index contributed by atoms with van der Waals surface area (Å²) in [6.45, 7) is 1.89. The monoisotopic (exact) mass is 347 g/mol. The van der Waals surface area contributed by atoms with E-state index in [-0.39, 0.29) is 11.6 Å². The van der Waals surface area contributed by atoms with Gasteiger partial charge < -0.3 is 0 Å². The van der Waals surface area contributed by atoms with Gasteiger partial charge in [0.05, 0.1) is 29.5 Å². The molecular weight excluding hydrogens is 332 g/mol. The molecule has 26 heavy (non-hydrogen) atoms. The molecule has 0 spiro atoms. The van der Waals surface area contributed by atoms with E-state index in [1.54, 1.807) is 47.4 Å². The summed E-state index contributed by atoms with van der Waals surface area (Å²) in [5.74, 6) is -0.583. The molecular formula is C21H15F2N3. The van der Waals surface area contributed by atoms with Crippen LogP contribution in [0.4, 0.5) is 8.78 Å². The molecule has 0 radical (unpaired) electrons. The van der Waals surface area contributed by atoms with Crippen LogP contribution >= 0.6 is 0 Å². The fourth-order valence-electron chi connectivity index (χ4n) is 2.91. The third kappa shape index (κ3) is 2.88. The molecule has 0 saturated carbocycles. The van der Waals surface area contributed by atoms with Crippen molar-refractivity contribution in [2.24, 2.45) is 0 Å².